The number of carbonyl (C=O) groups excluding carboxylic acids is 1. The van der Waals surface area contributed by atoms with Gasteiger partial charge < -0.3 is 10.2 Å². The van der Waals surface area contributed by atoms with Gasteiger partial charge in [0.1, 0.15) is 4.90 Å². The lowest BCUT2D eigenvalue weighted by molar-refractivity contribution is 0.0778. The van der Waals surface area contributed by atoms with E-state index >= 15 is 0 Å². The maximum absolute atomic E-state index is 13.2. The van der Waals surface area contributed by atoms with Crippen LogP contribution in [0, 0.1) is 11.8 Å². The third-order valence-electron chi connectivity index (χ3n) is 5.55. The number of hydrogen-bond donors (Lipinski definition) is 1. The van der Waals surface area contributed by atoms with E-state index in [2.05, 4.69) is 5.32 Å². The predicted molar refractivity (Wildman–Crippen MR) is 111 cm³/mol. The van der Waals surface area contributed by atoms with Gasteiger partial charge in [0, 0.05) is 33.2 Å². The molecule has 4 rings (SSSR count). The first-order valence-corrected chi connectivity index (χ1v) is 10.6. The molecular weight excluding hydrogens is 398 g/mol. The van der Waals surface area contributed by atoms with Gasteiger partial charge in [-0.3, -0.25) is 9.10 Å². The molecule has 1 amide bonds. The third-order valence-corrected chi connectivity index (χ3v) is 7.40. The number of para-hydroxylation sites is 1. The smallest absolute Gasteiger partial charge is 0.264 e. The Morgan fingerprint density at radius 3 is 2.21 bits per heavy atom. The van der Waals surface area contributed by atoms with Crippen molar-refractivity contribution in [3.63, 3.8) is 0 Å². The number of nitrogens with zero attached hydrogens (tertiary/aromatic N) is 2. The summed E-state index contributed by atoms with van der Waals surface area (Å²) in [5, 5.41) is 3.35. The van der Waals surface area contributed by atoms with Gasteiger partial charge in [-0.1, -0.05) is 30.3 Å². The van der Waals surface area contributed by atoms with Crippen molar-refractivity contribution in [2.75, 3.05) is 37.5 Å². The molecule has 2 aromatic carbocycles. The van der Waals surface area contributed by atoms with Crippen molar-refractivity contribution in [3.05, 3.63) is 60.2 Å². The number of fused-ring (bicyclic) bond motifs is 1. The molecule has 2 aliphatic heterocycles. The normalized spacial score (nSPS) is 21.1. The van der Waals surface area contributed by atoms with Crippen LogP contribution in [0.25, 0.3) is 0 Å². The number of halogens is 1. The van der Waals surface area contributed by atoms with E-state index in [0.717, 1.165) is 13.1 Å². The number of benzene rings is 2. The zero-order chi connectivity index (χ0) is 19.0. The number of sulfonamides is 1. The van der Waals surface area contributed by atoms with Gasteiger partial charge in [0.05, 0.1) is 11.3 Å². The predicted octanol–water partition coefficient (Wildman–Crippen LogP) is 2.22. The van der Waals surface area contributed by atoms with Gasteiger partial charge >= 0.3 is 0 Å². The molecule has 2 heterocycles. The molecule has 2 atom stereocenters. The summed E-state index contributed by atoms with van der Waals surface area (Å²) in [5.41, 5.74) is 0.801. The lowest BCUT2D eigenvalue weighted by atomic mass is 10.0. The van der Waals surface area contributed by atoms with E-state index < -0.39 is 10.0 Å². The largest absolute Gasteiger partial charge is 0.338 e. The number of likely N-dealkylation sites (tertiary alicyclic amines) is 1. The minimum absolute atomic E-state index is 0. The Kier molecular flexibility index (Phi) is 5.98. The third kappa shape index (κ3) is 3.62. The summed E-state index contributed by atoms with van der Waals surface area (Å²) in [4.78, 5) is 15.0. The summed E-state index contributed by atoms with van der Waals surface area (Å²) in [6.45, 7) is 3.20. The van der Waals surface area contributed by atoms with Crippen LogP contribution in [0.5, 0.6) is 0 Å². The summed E-state index contributed by atoms with van der Waals surface area (Å²) in [5.74, 6) is 0.722. The molecule has 0 radical (unpaired) electrons. The molecule has 2 fully saturated rings. The number of rotatable bonds is 4. The Morgan fingerprint density at radius 2 is 1.57 bits per heavy atom. The maximum atomic E-state index is 13.2. The van der Waals surface area contributed by atoms with Crippen LogP contribution in [-0.4, -0.2) is 52.5 Å². The molecule has 2 saturated heterocycles. The van der Waals surface area contributed by atoms with Gasteiger partial charge in [-0.25, -0.2) is 8.42 Å². The van der Waals surface area contributed by atoms with Gasteiger partial charge in [0.25, 0.3) is 15.9 Å². The standard InChI is InChI=1S/C20H23N3O3S.ClH/c1-22(17-7-3-2-4-8-17)27(25,26)19-10-6-5-9-18(19)20(24)23-13-15-11-21-12-16(15)14-23;/h2-10,15-16,21H,11-14H2,1H3;1H/t15-,16+;. The van der Waals surface area contributed by atoms with Crippen LogP contribution in [0.15, 0.2) is 59.5 Å². The Bertz CT molecular complexity index is 940. The van der Waals surface area contributed by atoms with Crippen molar-refractivity contribution in [2.24, 2.45) is 11.8 Å². The quantitative estimate of drug-likeness (QED) is 0.821. The fourth-order valence-corrected chi connectivity index (χ4v) is 5.36. The first-order valence-electron chi connectivity index (χ1n) is 9.11. The van der Waals surface area contributed by atoms with E-state index in [1.807, 2.05) is 6.07 Å². The molecule has 150 valence electrons. The molecule has 8 heteroatoms. The first kappa shape index (κ1) is 20.6. The Labute approximate surface area is 172 Å². The summed E-state index contributed by atoms with van der Waals surface area (Å²) in [6.07, 6.45) is 0. The van der Waals surface area contributed by atoms with Crippen molar-refractivity contribution >= 4 is 34.0 Å². The van der Waals surface area contributed by atoms with E-state index in [-0.39, 0.29) is 28.8 Å². The molecule has 6 nitrogen and oxygen atoms in total. The van der Waals surface area contributed by atoms with Gasteiger partial charge in [-0.2, -0.15) is 0 Å². The zero-order valence-electron chi connectivity index (χ0n) is 15.6. The van der Waals surface area contributed by atoms with E-state index in [0.29, 0.717) is 30.6 Å². The highest BCUT2D eigenvalue weighted by Crippen LogP contribution is 2.30. The highest BCUT2D eigenvalue weighted by Gasteiger charge is 2.39. The Balaban J connectivity index is 0.00000225. The number of amides is 1. The first-order chi connectivity index (χ1) is 13.0. The van der Waals surface area contributed by atoms with Crippen LogP contribution in [-0.2, 0) is 10.0 Å². The molecule has 2 aromatic rings. The zero-order valence-corrected chi connectivity index (χ0v) is 17.2. The summed E-state index contributed by atoms with van der Waals surface area (Å²) in [6, 6.07) is 15.4. The van der Waals surface area contributed by atoms with Crippen LogP contribution < -0.4 is 9.62 Å². The van der Waals surface area contributed by atoms with Crippen LogP contribution in [0.4, 0.5) is 5.69 Å². The van der Waals surface area contributed by atoms with Crippen molar-refractivity contribution < 1.29 is 13.2 Å². The fraction of sp³-hybridized carbons (Fsp3) is 0.350. The van der Waals surface area contributed by atoms with E-state index in [1.165, 1.54) is 17.4 Å². The van der Waals surface area contributed by atoms with Crippen molar-refractivity contribution in [2.45, 2.75) is 4.90 Å². The van der Waals surface area contributed by atoms with E-state index in [4.69, 9.17) is 0 Å². The molecule has 0 aliphatic carbocycles. The van der Waals surface area contributed by atoms with Gasteiger partial charge in [0.2, 0.25) is 0 Å². The number of hydrogen-bond acceptors (Lipinski definition) is 4. The number of carbonyl (C=O) groups is 1. The van der Waals surface area contributed by atoms with Crippen molar-refractivity contribution in [1.82, 2.24) is 10.2 Å². The molecule has 0 unspecified atom stereocenters. The molecule has 2 aliphatic rings. The average molecular weight is 422 g/mol. The van der Waals surface area contributed by atoms with Crippen LogP contribution >= 0.6 is 12.4 Å². The monoisotopic (exact) mass is 421 g/mol. The Morgan fingerprint density at radius 1 is 1.00 bits per heavy atom. The summed E-state index contributed by atoms with van der Waals surface area (Å²) < 4.78 is 27.7. The highest BCUT2D eigenvalue weighted by atomic mass is 35.5. The molecular formula is C20H24ClN3O3S. The van der Waals surface area contributed by atoms with Crippen LogP contribution in [0.1, 0.15) is 10.4 Å². The van der Waals surface area contributed by atoms with Crippen LogP contribution in [0.3, 0.4) is 0 Å². The highest BCUT2D eigenvalue weighted by molar-refractivity contribution is 7.92. The van der Waals surface area contributed by atoms with E-state index in [9.17, 15) is 13.2 Å². The minimum Gasteiger partial charge on any atom is -0.338 e. The van der Waals surface area contributed by atoms with Crippen LogP contribution in [0.2, 0.25) is 0 Å². The van der Waals surface area contributed by atoms with Crippen molar-refractivity contribution in [3.8, 4) is 0 Å². The summed E-state index contributed by atoms with van der Waals surface area (Å²) >= 11 is 0. The second-order valence-corrected chi connectivity index (χ2v) is 9.13. The van der Waals surface area contributed by atoms with Gasteiger partial charge in [-0.05, 0) is 36.1 Å². The fourth-order valence-electron chi connectivity index (χ4n) is 3.98. The lowest BCUT2D eigenvalue weighted by Crippen LogP contribution is -2.34. The topological polar surface area (TPSA) is 69.7 Å². The molecule has 0 spiro atoms. The number of anilines is 1. The molecule has 0 saturated carbocycles. The SMILES string of the molecule is CN(c1ccccc1)S(=O)(=O)c1ccccc1C(=O)N1C[C@H]2CNC[C@H]2C1.Cl. The second kappa shape index (κ2) is 8.11. The number of nitrogens with one attached hydrogen (secondary N) is 1. The van der Waals surface area contributed by atoms with E-state index in [1.54, 1.807) is 47.4 Å². The summed E-state index contributed by atoms with van der Waals surface area (Å²) in [7, 11) is -2.33. The van der Waals surface area contributed by atoms with Crippen molar-refractivity contribution in [1.29, 1.82) is 0 Å². The Hall–Kier alpha value is -2.09. The second-order valence-electron chi connectivity index (χ2n) is 7.19. The van der Waals surface area contributed by atoms with Gasteiger partial charge in [-0.15, -0.1) is 12.4 Å². The molecule has 0 bridgehead atoms. The van der Waals surface area contributed by atoms with Gasteiger partial charge in [0.15, 0.2) is 0 Å². The molecule has 0 aromatic heterocycles. The maximum Gasteiger partial charge on any atom is 0.264 e. The average Bonchev–Trinajstić information content (AvgIpc) is 3.29. The lowest BCUT2D eigenvalue weighted by Gasteiger charge is -2.23. The minimum atomic E-state index is -3.84. The molecule has 1 N–H and O–H groups in total. The molecule has 28 heavy (non-hydrogen) atoms.